The van der Waals surface area contributed by atoms with Crippen LogP contribution in [0.3, 0.4) is 0 Å². The monoisotopic (exact) mass is 513 g/mol. The molecule has 0 saturated carbocycles. The fourth-order valence-electron chi connectivity index (χ4n) is 5.38. The van der Waals surface area contributed by atoms with Crippen molar-refractivity contribution in [2.75, 3.05) is 27.3 Å². The van der Waals surface area contributed by atoms with Crippen molar-refractivity contribution in [1.82, 2.24) is 30.5 Å². The highest BCUT2D eigenvalue weighted by Crippen LogP contribution is 2.44. The Bertz CT molecular complexity index is 1580. The van der Waals surface area contributed by atoms with Crippen LogP contribution in [0, 0.1) is 13.0 Å². The average molecular weight is 514 g/mol. The number of Topliss-reactive ketones (excluding diaryl/α,β-unsaturated/α-hetero) is 2. The van der Waals surface area contributed by atoms with E-state index in [9.17, 15) is 9.59 Å². The Kier molecular flexibility index (Phi) is 5.79. The smallest absolute Gasteiger partial charge is 0.204 e. The summed E-state index contributed by atoms with van der Waals surface area (Å²) < 4.78 is 17.6. The van der Waals surface area contributed by atoms with E-state index in [1.54, 1.807) is 30.3 Å². The predicted molar refractivity (Wildman–Crippen MR) is 136 cm³/mol. The molecule has 2 aromatic heterocycles. The molecule has 1 spiro atoms. The topological polar surface area (TPSA) is 130 Å². The first-order chi connectivity index (χ1) is 18.4. The molecule has 11 nitrogen and oxygen atoms in total. The van der Waals surface area contributed by atoms with Crippen molar-refractivity contribution in [2.24, 2.45) is 5.92 Å². The lowest BCUT2D eigenvalue weighted by molar-refractivity contribution is -0.0139. The molecule has 1 saturated heterocycles. The minimum Gasteiger partial charge on any atom is -0.496 e. The Morgan fingerprint density at radius 3 is 2.63 bits per heavy atom. The lowest BCUT2D eigenvalue weighted by atomic mass is 9.71. The maximum atomic E-state index is 14.2. The molecule has 0 aliphatic carbocycles. The van der Waals surface area contributed by atoms with Crippen molar-refractivity contribution in [3.8, 4) is 28.6 Å². The van der Waals surface area contributed by atoms with Crippen LogP contribution in [0.15, 0.2) is 42.5 Å². The van der Waals surface area contributed by atoms with Crippen molar-refractivity contribution in [3.05, 3.63) is 60.8 Å². The highest BCUT2D eigenvalue weighted by Gasteiger charge is 2.54. The minimum atomic E-state index is -1.10. The molecule has 1 N–H and O–H groups in total. The molecular formula is C27H25N6O5. The molecule has 2 aromatic carbocycles. The number of nitrogens with one attached hydrogen (secondary N) is 1. The number of aromatic nitrogens is 5. The van der Waals surface area contributed by atoms with Gasteiger partial charge >= 0.3 is 0 Å². The van der Waals surface area contributed by atoms with Gasteiger partial charge in [0.05, 0.1) is 26.8 Å². The van der Waals surface area contributed by atoms with Gasteiger partial charge in [-0.2, -0.15) is 4.80 Å². The molecular weight excluding hydrogens is 488 g/mol. The van der Waals surface area contributed by atoms with E-state index in [1.165, 1.54) is 14.2 Å². The number of carbonyl (C=O) groups is 2. The van der Waals surface area contributed by atoms with E-state index < -0.39 is 17.3 Å². The number of methoxy groups -OCH3 is 2. The van der Waals surface area contributed by atoms with Crippen LogP contribution in [-0.4, -0.2) is 69.7 Å². The molecule has 193 valence electrons. The SMILES string of the molecule is [CH2]n1nnc(-c2ccc3c(c2)C(=O)[C@H](C(=O)c2cc(OC)c4cccc(OC)c4n2)C2(CCNCC2)O3)n1. The standard InChI is InChI=1S/C27H25N6O5/c1-33-31-26(30-32-33)15-7-8-19-17(13-15)24(34)22(27(38-19)9-11-28-12-10-27)25(35)18-14-21(37-3)16-5-4-6-20(36-2)23(16)29-18/h4-8,13-14,22,28H,1,9-12H2,2-3H3/t22-/m1/s1. The number of nitrogens with zero attached hydrogens (tertiary/aromatic N) is 5. The van der Waals surface area contributed by atoms with E-state index >= 15 is 0 Å². The van der Waals surface area contributed by atoms with Crippen molar-refractivity contribution in [3.63, 3.8) is 0 Å². The van der Waals surface area contributed by atoms with E-state index in [0.29, 0.717) is 65.5 Å². The number of ketones is 2. The number of ether oxygens (including phenoxy) is 3. The number of carbonyl (C=O) groups excluding carboxylic acids is 2. The van der Waals surface area contributed by atoms with Gasteiger partial charge in [0, 0.05) is 29.9 Å². The largest absolute Gasteiger partial charge is 0.496 e. The number of hydrogen-bond donors (Lipinski definition) is 1. The van der Waals surface area contributed by atoms with Crippen LogP contribution in [0.25, 0.3) is 22.3 Å². The van der Waals surface area contributed by atoms with Gasteiger partial charge < -0.3 is 19.5 Å². The maximum Gasteiger partial charge on any atom is 0.204 e. The molecule has 1 radical (unpaired) electrons. The summed E-state index contributed by atoms with van der Waals surface area (Å²) in [4.78, 5) is 34.1. The van der Waals surface area contributed by atoms with Crippen molar-refractivity contribution < 1.29 is 23.8 Å². The summed E-state index contributed by atoms with van der Waals surface area (Å²) in [5, 5.41) is 15.9. The second kappa shape index (κ2) is 9.18. The van der Waals surface area contributed by atoms with Gasteiger partial charge in [0.2, 0.25) is 5.82 Å². The Hall–Kier alpha value is -4.38. The molecule has 0 bridgehead atoms. The van der Waals surface area contributed by atoms with Crippen LogP contribution in [0.4, 0.5) is 0 Å². The van der Waals surface area contributed by atoms with Crippen LogP contribution in [-0.2, 0) is 0 Å². The normalized spacial score (nSPS) is 18.2. The third kappa shape index (κ3) is 3.77. The minimum absolute atomic E-state index is 0.111. The molecule has 2 aliphatic rings. The second-order valence-electron chi connectivity index (χ2n) is 9.34. The van der Waals surface area contributed by atoms with E-state index in [4.69, 9.17) is 14.2 Å². The number of para-hydroxylation sites is 1. The second-order valence-corrected chi connectivity index (χ2v) is 9.34. The third-order valence-electron chi connectivity index (χ3n) is 7.23. The third-order valence-corrected chi connectivity index (χ3v) is 7.23. The van der Waals surface area contributed by atoms with Gasteiger partial charge in [-0.05, 0) is 48.6 Å². The van der Waals surface area contributed by atoms with Crippen LogP contribution >= 0.6 is 0 Å². The van der Waals surface area contributed by atoms with Crippen molar-refractivity contribution in [2.45, 2.75) is 18.4 Å². The van der Waals surface area contributed by atoms with E-state index in [1.807, 2.05) is 12.1 Å². The van der Waals surface area contributed by atoms with Gasteiger partial charge in [0.25, 0.3) is 0 Å². The molecule has 1 atom stereocenters. The average Bonchev–Trinajstić information content (AvgIpc) is 3.38. The summed E-state index contributed by atoms with van der Waals surface area (Å²) in [5.41, 5.74) is 0.438. The molecule has 6 rings (SSSR count). The van der Waals surface area contributed by atoms with Crippen LogP contribution in [0.2, 0.25) is 0 Å². The molecule has 0 amide bonds. The number of fused-ring (bicyclic) bond motifs is 2. The lowest BCUT2D eigenvalue weighted by Gasteiger charge is -2.45. The first kappa shape index (κ1) is 24.0. The highest BCUT2D eigenvalue weighted by molar-refractivity contribution is 6.19. The Balaban J connectivity index is 1.48. The van der Waals surface area contributed by atoms with E-state index in [-0.39, 0.29) is 17.0 Å². The van der Waals surface area contributed by atoms with Crippen molar-refractivity contribution in [1.29, 1.82) is 0 Å². The summed E-state index contributed by atoms with van der Waals surface area (Å²) in [7, 11) is 6.67. The zero-order valence-corrected chi connectivity index (χ0v) is 20.9. The zero-order valence-electron chi connectivity index (χ0n) is 20.9. The number of piperidine rings is 1. The number of benzene rings is 2. The van der Waals surface area contributed by atoms with Gasteiger partial charge in [-0.1, -0.05) is 6.07 Å². The summed E-state index contributed by atoms with van der Waals surface area (Å²) >= 11 is 0. The summed E-state index contributed by atoms with van der Waals surface area (Å²) in [5.74, 6) is -0.159. The van der Waals surface area contributed by atoms with Gasteiger partial charge in [-0.25, -0.2) is 4.98 Å². The number of tetrazole rings is 1. The predicted octanol–water partition coefficient (Wildman–Crippen LogP) is 2.74. The molecule has 2 aliphatic heterocycles. The molecule has 4 aromatic rings. The van der Waals surface area contributed by atoms with Crippen LogP contribution in [0.5, 0.6) is 17.2 Å². The Morgan fingerprint density at radius 2 is 1.92 bits per heavy atom. The zero-order chi connectivity index (χ0) is 26.4. The molecule has 38 heavy (non-hydrogen) atoms. The van der Waals surface area contributed by atoms with Gasteiger partial charge in [0.1, 0.15) is 40.0 Å². The Morgan fingerprint density at radius 1 is 1.13 bits per heavy atom. The molecule has 1 fully saturated rings. The summed E-state index contributed by atoms with van der Waals surface area (Å²) in [6, 6.07) is 12.1. The molecule has 4 heterocycles. The highest BCUT2D eigenvalue weighted by atomic mass is 16.5. The summed E-state index contributed by atoms with van der Waals surface area (Å²) in [6.45, 7) is 1.23. The first-order valence-corrected chi connectivity index (χ1v) is 12.2. The molecule has 0 unspecified atom stereocenters. The van der Waals surface area contributed by atoms with Crippen LogP contribution < -0.4 is 19.5 Å². The number of pyridine rings is 1. The quantitative estimate of drug-likeness (QED) is 0.314. The van der Waals surface area contributed by atoms with E-state index in [2.05, 4.69) is 32.8 Å². The summed E-state index contributed by atoms with van der Waals surface area (Å²) in [6.07, 6.45) is 0.976. The van der Waals surface area contributed by atoms with Gasteiger partial charge in [0.15, 0.2) is 11.6 Å². The van der Waals surface area contributed by atoms with Crippen molar-refractivity contribution >= 4 is 22.5 Å². The lowest BCUT2D eigenvalue weighted by Crippen LogP contribution is -2.58. The first-order valence-electron chi connectivity index (χ1n) is 12.2. The van der Waals surface area contributed by atoms with Gasteiger partial charge in [-0.15, -0.1) is 10.2 Å². The van der Waals surface area contributed by atoms with Crippen LogP contribution in [0.1, 0.15) is 33.7 Å². The molecule has 11 heteroatoms. The fourth-order valence-corrected chi connectivity index (χ4v) is 5.38. The van der Waals surface area contributed by atoms with Gasteiger partial charge in [-0.3, -0.25) is 9.59 Å². The number of rotatable bonds is 5. The Labute approximate surface area is 218 Å². The number of hydrogen-bond acceptors (Lipinski definition) is 10. The van der Waals surface area contributed by atoms with E-state index in [0.717, 1.165) is 4.80 Å². The fraction of sp³-hybridized carbons (Fsp3) is 0.296. The maximum absolute atomic E-state index is 14.2.